The number of nitrogens with zero attached hydrogens (tertiary/aromatic N) is 1. The number of carbonyl (C=O) groups excluding carboxylic acids is 2. The van der Waals surface area contributed by atoms with Crippen molar-refractivity contribution in [2.45, 2.75) is 290 Å². The third-order valence-corrected chi connectivity index (χ3v) is 15.4. The van der Waals surface area contributed by atoms with Crippen LogP contribution in [0.3, 0.4) is 0 Å². The molecule has 3 atom stereocenters. The van der Waals surface area contributed by atoms with E-state index in [1.807, 2.05) is 33.3 Å². The lowest BCUT2D eigenvalue weighted by molar-refractivity contribution is -0.870. The highest BCUT2D eigenvalue weighted by molar-refractivity contribution is 7.47. The Labute approximate surface area is 512 Å². The lowest BCUT2D eigenvalue weighted by Gasteiger charge is -2.27. The third kappa shape index (κ3) is 62.8. The van der Waals surface area contributed by atoms with Crippen LogP contribution in [0.4, 0.5) is 0 Å². The van der Waals surface area contributed by atoms with Gasteiger partial charge in [0.15, 0.2) is 0 Å². The second-order valence-electron chi connectivity index (χ2n) is 23.6. The van der Waals surface area contributed by atoms with E-state index in [9.17, 15) is 19.0 Å². The van der Waals surface area contributed by atoms with Crippen molar-refractivity contribution in [2.75, 3.05) is 40.9 Å². The summed E-state index contributed by atoms with van der Waals surface area (Å²) < 4.78 is 30.7. The minimum absolute atomic E-state index is 0.0235. The average molecular weight is 1180 g/mol. The van der Waals surface area contributed by atoms with Crippen molar-refractivity contribution in [1.82, 2.24) is 5.32 Å². The number of hydrogen-bond acceptors (Lipinski definition) is 6. The first-order chi connectivity index (χ1) is 40.4. The Bertz CT molecular complexity index is 1830. The van der Waals surface area contributed by atoms with Gasteiger partial charge in [0.25, 0.3) is 0 Å². The number of phosphoric acid groups is 1. The molecule has 476 valence electrons. The first-order valence-electron chi connectivity index (χ1n) is 33.9. The van der Waals surface area contributed by atoms with Crippen molar-refractivity contribution in [3.8, 4) is 0 Å². The fourth-order valence-corrected chi connectivity index (χ4v) is 9.93. The molecule has 0 rings (SSSR count). The molecule has 0 saturated heterocycles. The van der Waals surface area contributed by atoms with Crippen molar-refractivity contribution in [3.05, 3.63) is 122 Å². The minimum Gasteiger partial charge on any atom is -0.456 e. The van der Waals surface area contributed by atoms with E-state index in [-0.39, 0.29) is 37.9 Å². The number of phosphoric ester groups is 1. The van der Waals surface area contributed by atoms with Gasteiger partial charge < -0.3 is 19.4 Å². The Kier molecular flexibility index (Phi) is 58.8. The fraction of sp³-hybridized carbons (Fsp3) is 0.699. The summed E-state index contributed by atoms with van der Waals surface area (Å²) in [6.45, 7) is 6.83. The second kappa shape index (κ2) is 61.5. The van der Waals surface area contributed by atoms with Gasteiger partial charge in [-0.25, -0.2) is 4.57 Å². The summed E-state index contributed by atoms with van der Waals surface area (Å²) in [4.78, 5) is 37.8. The Morgan fingerprint density at radius 1 is 0.434 bits per heavy atom. The Morgan fingerprint density at radius 2 is 0.783 bits per heavy atom. The Balaban J connectivity index is 5.19. The predicted molar refractivity (Wildman–Crippen MR) is 360 cm³/mol. The molecule has 0 saturated carbocycles. The number of unbranched alkanes of at least 4 members (excludes halogenated alkanes) is 26. The summed E-state index contributed by atoms with van der Waals surface area (Å²) in [5, 5.41) is 3.03. The molecule has 3 unspecified atom stereocenters. The monoisotopic (exact) mass is 1180 g/mol. The van der Waals surface area contributed by atoms with E-state index >= 15 is 0 Å². The average Bonchev–Trinajstić information content (AvgIpc) is 3.46. The number of likely N-dealkylation sites (N-methyl/N-ethyl adjacent to an activating group) is 1. The number of hydrogen-bond donors (Lipinski definition) is 2. The molecule has 0 aromatic carbocycles. The number of allylic oxidation sites excluding steroid dienone is 19. The van der Waals surface area contributed by atoms with E-state index in [0.717, 1.165) is 103 Å². The zero-order valence-electron chi connectivity index (χ0n) is 54.4. The number of nitrogens with one attached hydrogen (secondary N) is 1. The first-order valence-corrected chi connectivity index (χ1v) is 35.4. The van der Waals surface area contributed by atoms with Crippen molar-refractivity contribution < 1.29 is 37.3 Å². The molecule has 0 spiro atoms. The van der Waals surface area contributed by atoms with Crippen molar-refractivity contribution >= 4 is 19.7 Å². The molecule has 0 aliphatic heterocycles. The molecule has 0 aliphatic rings. The quantitative estimate of drug-likeness (QED) is 0.0205. The SMILES string of the molecule is CC/C=C\C/C=C\C/C=C\C/C=C\C/C=C\CCCC(=O)NC(COP(=O)(O)OCC[N+](C)(C)C)C(/C=C\CCCCCCCCCCCCC)OC(=O)CCCCCCCCCCCCC/C=C\C/C=C\C/C=C\C/C=C\CCCCC. The standard InChI is InChI=1S/C73H127N2O7P/c1-7-10-13-16-19-22-25-28-30-32-33-34-35-36-37-38-39-40-41-43-45-48-51-54-57-60-63-66-73(77)82-71(64-61-58-55-52-49-46-27-24-21-18-15-12-9-3)70(69-81-83(78,79)80-68-67-75(4,5)6)74-72(76)65-62-59-56-53-50-47-44-42-31-29-26-23-20-17-14-11-8-2/h11,14,19-20,22-23,28-31,33-34,36-37,44,47,53,56,61,64,70-71H,7-10,12-13,15-18,21,24-27,32,35,38-43,45-46,48-52,54-55,57-60,62-63,65-69H2,1-6H3,(H-,74,76,78,79)/p+1/b14-11-,22-19-,23-20-,30-28-,31-29-,34-33-,37-36-,47-44-,56-53-,64-61-. The molecule has 9 nitrogen and oxygen atoms in total. The van der Waals surface area contributed by atoms with Gasteiger partial charge in [-0.15, -0.1) is 0 Å². The van der Waals surface area contributed by atoms with E-state index < -0.39 is 20.0 Å². The fourth-order valence-electron chi connectivity index (χ4n) is 9.19. The maximum atomic E-state index is 13.6. The van der Waals surface area contributed by atoms with Gasteiger partial charge in [0.2, 0.25) is 5.91 Å². The highest BCUT2D eigenvalue weighted by Crippen LogP contribution is 2.43. The zero-order chi connectivity index (χ0) is 60.7. The highest BCUT2D eigenvalue weighted by Gasteiger charge is 2.30. The minimum atomic E-state index is -4.48. The molecular formula is C73H128N2O7P+. The van der Waals surface area contributed by atoms with Crippen LogP contribution in [0.1, 0.15) is 278 Å². The molecule has 2 N–H and O–H groups in total. The van der Waals surface area contributed by atoms with Gasteiger partial charge in [0.05, 0.1) is 33.8 Å². The van der Waals surface area contributed by atoms with Crippen LogP contribution < -0.4 is 5.32 Å². The number of esters is 1. The van der Waals surface area contributed by atoms with Gasteiger partial charge in [0.1, 0.15) is 19.3 Å². The van der Waals surface area contributed by atoms with E-state index in [0.29, 0.717) is 17.4 Å². The second-order valence-corrected chi connectivity index (χ2v) is 25.1. The molecule has 0 aromatic heterocycles. The third-order valence-electron chi connectivity index (χ3n) is 14.4. The number of amides is 1. The summed E-state index contributed by atoms with van der Waals surface area (Å²) in [6.07, 6.45) is 86.4. The summed E-state index contributed by atoms with van der Waals surface area (Å²) in [5.74, 6) is -0.580. The van der Waals surface area contributed by atoms with Crippen molar-refractivity contribution in [2.24, 2.45) is 0 Å². The molecule has 83 heavy (non-hydrogen) atoms. The van der Waals surface area contributed by atoms with Crippen LogP contribution in [0.2, 0.25) is 0 Å². The van der Waals surface area contributed by atoms with Gasteiger partial charge in [0, 0.05) is 12.8 Å². The first kappa shape index (κ1) is 79.4. The molecular weight excluding hydrogens is 1050 g/mol. The molecule has 10 heteroatoms. The maximum Gasteiger partial charge on any atom is 0.472 e. The van der Waals surface area contributed by atoms with Crippen LogP contribution in [0.25, 0.3) is 0 Å². The van der Waals surface area contributed by atoms with Crippen LogP contribution in [0, 0.1) is 0 Å². The van der Waals surface area contributed by atoms with Gasteiger partial charge in [-0.2, -0.15) is 0 Å². The van der Waals surface area contributed by atoms with E-state index in [1.54, 1.807) is 0 Å². The summed E-state index contributed by atoms with van der Waals surface area (Å²) >= 11 is 0. The summed E-state index contributed by atoms with van der Waals surface area (Å²) in [6, 6.07) is -0.888. The Hall–Kier alpha value is -3.59. The highest BCUT2D eigenvalue weighted by atomic mass is 31.2. The van der Waals surface area contributed by atoms with Gasteiger partial charge >= 0.3 is 13.8 Å². The van der Waals surface area contributed by atoms with Gasteiger partial charge in [-0.05, 0) is 115 Å². The van der Waals surface area contributed by atoms with Crippen molar-refractivity contribution in [3.63, 3.8) is 0 Å². The summed E-state index contributed by atoms with van der Waals surface area (Å²) in [7, 11) is 1.45. The molecule has 0 bridgehead atoms. The lowest BCUT2D eigenvalue weighted by Crippen LogP contribution is -2.47. The topological polar surface area (TPSA) is 111 Å². The number of ether oxygens (including phenoxy) is 1. The molecule has 0 radical (unpaired) electrons. The number of rotatable bonds is 60. The van der Waals surface area contributed by atoms with E-state index in [1.165, 1.54) is 135 Å². The van der Waals surface area contributed by atoms with Crippen LogP contribution in [-0.2, 0) is 27.9 Å². The normalized spacial score (nSPS) is 14.3. The Morgan fingerprint density at radius 3 is 1.20 bits per heavy atom. The van der Waals surface area contributed by atoms with Crippen molar-refractivity contribution in [1.29, 1.82) is 0 Å². The van der Waals surface area contributed by atoms with E-state index in [2.05, 4.69) is 135 Å². The van der Waals surface area contributed by atoms with Gasteiger partial charge in [-0.1, -0.05) is 271 Å². The van der Waals surface area contributed by atoms with Crippen LogP contribution >= 0.6 is 7.82 Å². The molecule has 0 fully saturated rings. The molecule has 0 heterocycles. The summed E-state index contributed by atoms with van der Waals surface area (Å²) in [5.41, 5.74) is 0. The largest absolute Gasteiger partial charge is 0.472 e. The molecule has 1 amide bonds. The molecule has 0 aromatic rings. The molecule has 0 aliphatic carbocycles. The van der Waals surface area contributed by atoms with Crippen LogP contribution in [-0.4, -0.2) is 74.3 Å². The lowest BCUT2D eigenvalue weighted by atomic mass is 10.0. The van der Waals surface area contributed by atoms with Gasteiger partial charge in [-0.3, -0.25) is 18.6 Å². The number of carbonyl (C=O) groups is 2. The van der Waals surface area contributed by atoms with Crippen LogP contribution in [0.15, 0.2) is 122 Å². The smallest absolute Gasteiger partial charge is 0.456 e. The zero-order valence-corrected chi connectivity index (χ0v) is 55.3. The number of quaternary nitrogens is 1. The van der Waals surface area contributed by atoms with Crippen LogP contribution in [0.5, 0.6) is 0 Å². The van der Waals surface area contributed by atoms with E-state index in [4.69, 9.17) is 13.8 Å². The maximum absolute atomic E-state index is 13.6. The predicted octanol–water partition coefficient (Wildman–Crippen LogP) is 21.4.